The number of nitrogen functional groups attached to an aromatic ring is 1. The van der Waals surface area contributed by atoms with Gasteiger partial charge in [-0.1, -0.05) is 54.1 Å². The van der Waals surface area contributed by atoms with Gasteiger partial charge in [-0.25, -0.2) is 4.79 Å². The van der Waals surface area contributed by atoms with Crippen molar-refractivity contribution in [3.05, 3.63) is 91.6 Å². The molecule has 0 aliphatic rings. The van der Waals surface area contributed by atoms with Crippen molar-refractivity contribution in [1.82, 2.24) is 9.55 Å². The molecule has 0 atom stereocenters. The molecule has 0 saturated heterocycles. The first-order chi connectivity index (χ1) is 14.4. The molecule has 3 aromatic rings. The van der Waals surface area contributed by atoms with Crippen molar-refractivity contribution in [3.8, 4) is 0 Å². The van der Waals surface area contributed by atoms with E-state index in [9.17, 15) is 9.59 Å². The van der Waals surface area contributed by atoms with Gasteiger partial charge in [-0.3, -0.25) is 14.3 Å². The third-order valence-corrected chi connectivity index (χ3v) is 5.15. The van der Waals surface area contributed by atoms with E-state index in [2.05, 4.69) is 23.2 Å². The molecule has 3 rings (SSSR count). The molecule has 2 aromatic carbocycles. The summed E-state index contributed by atoms with van der Waals surface area (Å²) in [6.07, 6.45) is 0. The van der Waals surface area contributed by atoms with Crippen molar-refractivity contribution in [2.45, 2.75) is 26.9 Å². The zero-order chi connectivity index (χ0) is 21.7. The molecule has 0 spiro atoms. The Kier molecular flexibility index (Phi) is 6.74. The van der Waals surface area contributed by atoms with Gasteiger partial charge in [-0.05, 0) is 30.5 Å². The van der Waals surface area contributed by atoms with Crippen LogP contribution in [0, 0.1) is 13.8 Å². The summed E-state index contributed by atoms with van der Waals surface area (Å²) < 4.78 is 6.65. The number of hydrogen-bond donors (Lipinski definition) is 2. The van der Waals surface area contributed by atoms with Crippen LogP contribution in [0.1, 0.15) is 22.3 Å². The van der Waals surface area contributed by atoms with E-state index in [0.717, 1.165) is 22.3 Å². The third-order valence-electron chi connectivity index (χ3n) is 5.15. The summed E-state index contributed by atoms with van der Waals surface area (Å²) in [5, 5.41) is 0. The van der Waals surface area contributed by atoms with Gasteiger partial charge in [0, 0.05) is 20.2 Å². The first kappa shape index (κ1) is 21.4. The molecule has 30 heavy (non-hydrogen) atoms. The van der Waals surface area contributed by atoms with Crippen molar-refractivity contribution >= 4 is 11.5 Å². The number of H-pyrrole nitrogens is 1. The average molecular weight is 409 g/mol. The minimum absolute atomic E-state index is 0.147. The minimum Gasteiger partial charge on any atom is -0.383 e. The monoisotopic (exact) mass is 408 g/mol. The maximum absolute atomic E-state index is 12.8. The lowest BCUT2D eigenvalue weighted by Crippen LogP contribution is -2.39. The van der Waals surface area contributed by atoms with E-state index >= 15 is 0 Å². The highest BCUT2D eigenvalue weighted by Gasteiger charge is 2.20. The highest BCUT2D eigenvalue weighted by atomic mass is 16.5. The van der Waals surface area contributed by atoms with Crippen molar-refractivity contribution in [2.24, 2.45) is 0 Å². The quantitative estimate of drug-likeness (QED) is 0.597. The van der Waals surface area contributed by atoms with Gasteiger partial charge in [0.15, 0.2) is 0 Å². The largest absolute Gasteiger partial charge is 0.383 e. The van der Waals surface area contributed by atoms with Crippen LogP contribution < -0.4 is 21.9 Å². The van der Waals surface area contributed by atoms with Crippen LogP contribution in [0.25, 0.3) is 0 Å². The predicted molar refractivity (Wildman–Crippen MR) is 120 cm³/mol. The Labute approximate surface area is 175 Å². The molecule has 1 aromatic heterocycles. The predicted octanol–water partition coefficient (Wildman–Crippen LogP) is 2.44. The van der Waals surface area contributed by atoms with E-state index in [1.807, 2.05) is 49.1 Å². The molecule has 1 heterocycles. The number of nitrogens with two attached hydrogens (primary N) is 1. The Hall–Kier alpha value is -3.32. The van der Waals surface area contributed by atoms with Crippen molar-refractivity contribution in [3.63, 3.8) is 0 Å². The standard InChI is InChI=1S/C23H28N4O3/c1-16-9-10-17(2)19(13-16)15-26(11-12-30-3)20-21(24)27(23(29)25-22(20)28)14-18-7-5-4-6-8-18/h4-10,13H,11-12,14-15,24H2,1-3H3,(H,25,28,29). The molecule has 0 saturated carbocycles. The molecule has 0 fully saturated rings. The number of ether oxygens (including phenoxy) is 1. The Bertz CT molecular complexity index is 1120. The number of aromatic amines is 1. The number of nitrogens with zero attached hydrogens (tertiary/aromatic N) is 2. The lowest BCUT2D eigenvalue weighted by atomic mass is 10.0. The average Bonchev–Trinajstić information content (AvgIpc) is 2.72. The fraction of sp³-hybridized carbons (Fsp3) is 0.304. The lowest BCUT2D eigenvalue weighted by molar-refractivity contribution is 0.205. The van der Waals surface area contributed by atoms with Crippen molar-refractivity contribution in [2.75, 3.05) is 30.9 Å². The molecule has 0 unspecified atom stereocenters. The number of hydrogen-bond acceptors (Lipinski definition) is 5. The SMILES string of the molecule is COCCN(Cc1cc(C)ccc1C)c1c(N)n(Cc2ccccc2)c(=O)[nH]c1=O. The molecule has 0 amide bonds. The van der Waals surface area contributed by atoms with Gasteiger partial charge in [0.25, 0.3) is 5.56 Å². The van der Waals surface area contributed by atoms with Crippen LogP contribution in [-0.4, -0.2) is 29.8 Å². The molecule has 0 aliphatic carbocycles. The first-order valence-corrected chi connectivity index (χ1v) is 9.87. The molecule has 0 radical (unpaired) electrons. The van der Waals surface area contributed by atoms with E-state index in [1.165, 1.54) is 4.57 Å². The fourth-order valence-corrected chi connectivity index (χ4v) is 3.45. The van der Waals surface area contributed by atoms with Crippen LogP contribution in [0.15, 0.2) is 58.1 Å². The lowest BCUT2D eigenvalue weighted by Gasteiger charge is -2.27. The number of benzene rings is 2. The summed E-state index contributed by atoms with van der Waals surface area (Å²) in [5.74, 6) is 0.147. The smallest absolute Gasteiger partial charge is 0.330 e. The van der Waals surface area contributed by atoms with Crippen LogP contribution in [0.4, 0.5) is 11.5 Å². The summed E-state index contributed by atoms with van der Waals surface area (Å²) in [5.41, 5.74) is 9.91. The summed E-state index contributed by atoms with van der Waals surface area (Å²) >= 11 is 0. The van der Waals surface area contributed by atoms with Gasteiger partial charge >= 0.3 is 5.69 Å². The number of rotatable bonds is 8. The molecular formula is C23H28N4O3. The second-order valence-corrected chi connectivity index (χ2v) is 7.41. The molecular weight excluding hydrogens is 380 g/mol. The number of aromatic nitrogens is 2. The second kappa shape index (κ2) is 9.45. The third kappa shape index (κ3) is 4.80. The molecule has 0 aliphatic heterocycles. The Balaban J connectivity index is 2.06. The Morgan fingerprint density at radius 2 is 1.83 bits per heavy atom. The molecule has 7 heteroatoms. The van der Waals surface area contributed by atoms with Crippen molar-refractivity contribution in [1.29, 1.82) is 0 Å². The topological polar surface area (TPSA) is 93.3 Å². The van der Waals surface area contributed by atoms with E-state index in [4.69, 9.17) is 10.5 Å². The van der Waals surface area contributed by atoms with E-state index in [-0.39, 0.29) is 18.1 Å². The van der Waals surface area contributed by atoms with Gasteiger partial charge in [0.2, 0.25) is 0 Å². The van der Waals surface area contributed by atoms with Crippen LogP contribution >= 0.6 is 0 Å². The summed E-state index contributed by atoms with van der Waals surface area (Å²) in [6.45, 7) is 5.70. The number of nitrogens with one attached hydrogen (secondary N) is 1. The summed E-state index contributed by atoms with van der Waals surface area (Å²) in [6, 6.07) is 15.7. The van der Waals surface area contributed by atoms with Gasteiger partial charge in [0.05, 0.1) is 13.2 Å². The summed E-state index contributed by atoms with van der Waals surface area (Å²) in [4.78, 5) is 29.6. The minimum atomic E-state index is -0.525. The maximum atomic E-state index is 12.8. The first-order valence-electron chi connectivity index (χ1n) is 9.87. The van der Waals surface area contributed by atoms with Gasteiger partial charge in [0.1, 0.15) is 11.5 Å². The van der Waals surface area contributed by atoms with Gasteiger partial charge in [-0.2, -0.15) is 0 Å². The zero-order valence-corrected chi connectivity index (χ0v) is 17.6. The summed E-state index contributed by atoms with van der Waals surface area (Å²) in [7, 11) is 1.61. The molecule has 158 valence electrons. The van der Waals surface area contributed by atoms with Gasteiger partial charge < -0.3 is 15.4 Å². The number of methoxy groups -OCH3 is 1. The van der Waals surface area contributed by atoms with E-state index < -0.39 is 11.2 Å². The number of aryl methyl sites for hydroxylation is 2. The molecule has 7 nitrogen and oxygen atoms in total. The highest BCUT2D eigenvalue weighted by molar-refractivity contribution is 5.63. The van der Waals surface area contributed by atoms with E-state index in [0.29, 0.717) is 19.7 Å². The molecule has 3 N–H and O–H groups in total. The van der Waals surface area contributed by atoms with Gasteiger partial charge in [-0.15, -0.1) is 0 Å². The second-order valence-electron chi connectivity index (χ2n) is 7.41. The zero-order valence-electron chi connectivity index (χ0n) is 17.6. The van der Waals surface area contributed by atoms with Crippen LogP contribution in [0.2, 0.25) is 0 Å². The van der Waals surface area contributed by atoms with E-state index in [1.54, 1.807) is 7.11 Å². The van der Waals surface area contributed by atoms with Crippen LogP contribution in [-0.2, 0) is 17.8 Å². The number of anilines is 2. The Morgan fingerprint density at radius 3 is 2.53 bits per heavy atom. The maximum Gasteiger partial charge on any atom is 0.330 e. The van der Waals surface area contributed by atoms with Crippen LogP contribution in [0.5, 0.6) is 0 Å². The van der Waals surface area contributed by atoms with Crippen LogP contribution in [0.3, 0.4) is 0 Å². The van der Waals surface area contributed by atoms with Crippen molar-refractivity contribution < 1.29 is 4.74 Å². The highest BCUT2D eigenvalue weighted by Crippen LogP contribution is 2.22. The molecule has 0 bridgehead atoms. The fourth-order valence-electron chi connectivity index (χ4n) is 3.45. The normalized spacial score (nSPS) is 10.9. The Morgan fingerprint density at radius 1 is 1.10 bits per heavy atom.